The van der Waals surface area contributed by atoms with Gasteiger partial charge in [-0.15, -0.1) is 0 Å². The third-order valence-electron chi connectivity index (χ3n) is 4.01. The van der Waals surface area contributed by atoms with Gasteiger partial charge in [-0.25, -0.2) is 4.79 Å². The Kier molecular flexibility index (Phi) is 6.25. The van der Waals surface area contributed by atoms with Crippen molar-refractivity contribution < 1.29 is 19.4 Å². The number of amides is 1. The summed E-state index contributed by atoms with van der Waals surface area (Å²) in [6, 6.07) is 9.62. The maximum absolute atomic E-state index is 12.1. The molecule has 1 N–H and O–H groups in total. The van der Waals surface area contributed by atoms with E-state index in [0.717, 1.165) is 31.2 Å². The Morgan fingerprint density at radius 1 is 1.14 bits per heavy atom. The van der Waals surface area contributed by atoms with Gasteiger partial charge in [0.15, 0.2) is 0 Å². The number of carboxylic acids is 1. The van der Waals surface area contributed by atoms with E-state index in [9.17, 15) is 9.59 Å². The third kappa shape index (κ3) is 5.39. The van der Waals surface area contributed by atoms with Gasteiger partial charge in [0.1, 0.15) is 6.61 Å². The van der Waals surface area contributed by atoms with Crippen LogP contribution in [-0.2, 0) is 16.1 Å². The van der Waals surface area contributed by atoms with Crippen LogP contribution in [-0.4, -0.2) is 35.2 Å². The average Bonchev–Trinajstić information content (AvgIpc) is 2.48. The van der Waals surface area contributed by atoms with Crippen molar-refractivity contribution in [2.24, 2.45) is 5.92 Å². The smallest absolute Gasteiger partial charge is 0.410 e. The van der Waals surface area contributed by atoms with Crippen molar-refractivity contribution in [3.63, 3.8) is 0 Å². The Labute approximate surface area is 130 Å². The summed E-state index contributed by atoms with van der Waals surface area (Å²) in [7, 11) is 0. The molecule has 1 aromatic rings. The Morgan fingerprint density at radius 3 is 2.36 bits per heavy atom. The van der Waals surface area contributed by atoms with Gasteiger partial charge in [0.2, 0.25) is 0 Å². The van der Waals surface area contributed by atoms with Crippen LogP contribution in [0.5, 0.6) is 0 Å². The number of likely N-dealkylation sites (tertiary alicyclic amines) is 1. The van der Waals surface area contributed by atoms with Gasteiger partial charge >= 0.3 is 12.1 Å². The van der Waals surface area contributed by atoms with Crippen molar-refractivity contribution in [1.82, 2.24) is 4.90 Å². The molecule has 5 heteroatoms. The summed E-state index contributed by atoms with van der Waals surface area (Å²) in [5, 5.41) is 8.86. The van der Waals surface area contributed by atoms with Crippen LogP contribution in [0.3, 0.4) is 0 Å². The zero-order valence-corrected chi connectivity index (χ0v) is 12.7. The number of aliphatic carboxylic acids is 1. The van der Waals surface area contributed by atoms with Gasteiger partial charge in [0.05, 0.1) is 0 Å². The average molecular weight is 305 g/mol. The van der Waals surface area contributed by atoms with Gasteiger partial charge in [0, 0.05) is 19.5 Å². The minimum atomic E-state index is -0.732. The van der Waals surface area contributed by atoms with Crippen molar-refractivity contribution in [3.05, 3.63) is 35.9 Å². The van der Waals surface area contributed by atoms with Crippen molar-refractivity contribution in [2.75, 3.05) is 13.1 Å². The van der Waals surface area contributed by atoms with E-state index in [1.165, 1.54) is 0 Å². The van der Waals surface area contributed by atoms with E-state index in [1.807, 2.05) is 30.3 Å². The van der Waals surface area contributed by atoms with E-state index in [-0.39, 0.29) is 25.0 Å². The lowest BCUT2D eigenvalue weighted by molar-refractivity contribution is -0.138. The molecule has 5 nitrogen and oxygen atoms in total. The molecule has 0 saturated carbocycles. The van der Waals surface area contributed by atoms with E-state index in [2.05, 4.69) is 0 Å². The molecule has 0 aliphatic carbocycles. The zero-order valence-electron chi connectivity index (χ0n) is 12.7. The molecule has 0 spiro atoms. The van der Waals surface area contributed by atoms with Crippen LogP contribution >= 0.6 is 0 Å². The van der Waals surface area contributed by atoms with Crippen molar-refractivity contribution in [1.29, 1.82) is 0 Å². The fourth-order valence-electron chi connectivity index (χ4n) is 2.84. The van der Waals surface area contributed by atoms with Gasteiger partial charge < -0.3 is 14.7 Å². The number of carbonyl (C=O) groups is 2. The van der Waals surface area contributed by atoms with Crippen LogP contribution in [0.4, 0.5) is 4.79 Å². The molecule has 1 heterocycles. The summed E-state index contributed by atoms with van der Waals surface area (Å²) >= 11 is 0. The summed E-state index contributed by atoms with van der Waals surface area (Å²) in [6.07, 6.45) is 3.33. The van der Waals surface area contributed by atoms with Crippen LogP contribution in [0.1, 0.15) is 37.7 Å². The third-order valence-corrected chi connectivity index (χ3v) is 4.01. The lowest BCUT2D eigenvalue weighted by Gasteiger charge is -2.27. The predicted molar refractivity (Wildman–Crippen MR) is 82.4 cm³/mol. The molecule has 0 bridgehead atoms. The Balaban J connectivity index is 1.76. The lowest BCUT2D eigenvalue weighted by Crippen LogP contribution is -2.35. The number of rotatable bonds is 4. The minimum Gasteiger partial charge on any atom is -0.481 e. The molecule has 1 fully saturated rings. The van der Waals surface area contributed by atoms with E-state index in [4.69, 9.17) is 9.84 Å². The van der Waals surface area contributed by atoms with Gasteiger partial charge in [-0.3, -0.25) is 4.79 Å². The van der Waals surface area contributed by atoms with Crippen molar-refractivity contribution >= 4 is 12.1 Å². The van der Waals surface area contributed by atoms with Gasteiger partial charge in [-0.05, 0) is 37.2 Å². The normalized spacial score (nSPS) is 16.6. The van der Waals surface area contributed by atoms with Crippen molar-refractivity contribution in [3.8, 4) is 0 Å². The molecule has 0 radical (unpaired) electrons. The summed E-state index contributed by atoms with van der Waals surface area (Å²) in [4.78, 5) is 24.6. The van der Waals surface area contributed by atoms with Crippen LogP contribution in [0.15, 0.2) is 30.3 Å². The number of nitrogens with zero attached hydrogens (tertiary/aromatic N) is 1. The monoisotopic (exact) mass is 305 g/mol. The highest BCUT2D eigenvalue weighted by molar-refractivity contribution is 5.68. The van der Waals surface area contributed by atoms with Crippen LogP contribution < -0.4 is 0 Å². The molecule has 1 aromatic carbocycles. The molecular weight excluding hydrogens is 282 g/mol. The number of benzene rings is 1. The van der Waals surface area contributed by atoms with Crippen LogP contribution in [0.2, 0.25) is 0 Å². The fraction of sp³-hybridized carbons (Fsp3) is 0.529. The molecule has 1 saturated heterocycles. The highest BCUT2D eigenvalue weighted by atomic mass is 16.6. The lowest BCUT2D eigenvalue weighted by atomic mass is 9.92. The van der Waals surface area contributed by atoms with Gasteiger partial charge in [0.25, 0.3) is 0 Å². The highest BCUT2D eigenvalue weighted by Gasteiger charge is 2.21. The quantitative estimate of drug-likeness (QED) is 0.927. The Hall–Kier alpha value is -2.04. The maximum Gasteiger partial charge on any atom is 0.410 e. The first-order valence-electron chi connectivity index (χ1n) is 7.82. The first-order valence-corrected chi connectivity index (χ1v) is 7.82. The van der Waals surface area contributed by atoms with Gasteiger partial charge in [-0.2, -0.15) is 0 Å². The molecule has 0 unspecified atom stereocenters. The summed E-state index contributed by atoms with van der Waals surface area (Å²) < 4.78 is 5.35. The molecule has 0 aromatic heterocycles. The highest BCUT2D eigenvalue weighted by Crippen LogP contribution is 2.21. The molecule has 1 amide bonds. The molecule has 1 aliphatic heterocycles. The Bertz CT molecular complexity index is 479. The molecule has 120 valence electrons. The molecule has 2 rings (SSSR count). The SMILES string of the molecule is O=C(O)CC1CCCN(C(=O)OCc2ccccc2)CCC1. The second-order valence-electron chi connectivity index (χ2n) is 5.78. The Morgan fingerprint density at radius 2 is 1.77 bits per heavy atom. The zero-order chi connectivity index (χ0) is 15.8. The van der Waals surface area contributed by atoms with Crippen LogP contribution in [0, 0.1) is 5.92 Å². The molecule has 1 aliphatic rings. The summed E-state index contributed by atoms with van der Waals surface area (Å²) in [6.45, 7) is 1.57. The fourth-order valence-corrected chi connectivity index (χ4v) is 2.84. The second-order valence-corrected chi connectivity index (χ2v) is 5.78. The first-order chi connectivity index (χ1) is 10.6. The number of hydrogen-bond acceptors (Lipinski definition) is 3. The summed E-state index contributed by atoms with van der Waals surface area (Å²) in [5.41, 5.74) is 0.976. The number of carboxylic acid groups (broad SMARTS) is 1. The number of hydrogen-bond donors (Lipinski definition) is 1. The van der Waals surface area contributed by atoms with Crippen LogP contribution in [0.25, 0.3) is 0 Å². The van der Waals surface area contributed by atoms with E-state index in [0.29, 0.717) is 13.1 Å². The number of carbonyl (C=O) groups excluding carboxylic acids is 1. The maximum atomic E-state index is 12.1. The van der Waals surface area contributed by atoms with E-state index in [1.54, 1.807) is 4.90 Å². The molecule has 0 atom stereocenters. The van der Waals surface area contributed by atoms with Gasteiger partial charge in [-0.1, -0.05) is 30.3 Å². The standard InChI is InChI=1S/C17H23NO4/c19-16(20)12-14-8-4-10-18(11-5-9-14)17(21)22-13-15-6-2-1-3-7-15/h1-3,6-7,14H,4-5,8-13H2,(H,19,20). The predicted octanol–water partition coefficient (Wildman–Crippen LogP) is 3.29. The second kappa shape index (κ2) is 8.41. The largest absolute Gasteiger partial charge is 0.481 e. The molecule has 22 heavy (non-hydrogen) atoms. The molecular formula is C17H23NO4. The first kappa shape index (κ1) is 16.3. The minimum absolute atomic E-state index is 0.235. The topological polar surface area (TPSA) is 66.8 Å². The van der Waals surface area contributed by atoms with E-state index < -0.39 is 5.97 Å². The van der Waals surface area contributed by atoms with Crippen molar-refractivity contribution in [2.45, 2.75) is 38.7 Å². The number of ether oxygens (including phenoxy) is 1. The van der Waals surface area contributed by atoms with E-state index >= 15 is 0 Å². The summed E-state index contributed by atoms with van der Waals surface area (Å²) in [5.74, 6) is -0.496.